The van der Waals surface area contributed by atoms with Crippen molar-refractivity contribution >= 4 is 45.8 Å². The van der Waals surface area contributed by atoms with E-state index in [2.05, 4.69) is 10.6 Å². The molecule has 45 heavy (non-hydrogen) atoms. The third kappa shape index (κ3) is 7.18. The number of phenolic OH excluding ortho intramolecular Hbond substituents is 2. The van der Waals surface area contributed by atoms with Crippen molar-refractivity contribution in [2.75, 3.05) is 10.6 Å². The van der Waals surface area contributed by atoms with Crippen molar-refractivity contribution in [3.8, 4) is 45.3 Å². The molecule has 7 heteroatoms. The van der Waals surface area contributed by atoms with Crippen molar-refractivity contribution in [3.63, 3.8) is 0 Å². The number of hydrogen-bond acceptors (Lipinski definition) is 5. The SMILES string of the molecule is Oc1ccc(-c2cc(NC(=S)c3ccccc3)ccc2Oc2ccc(NC(=S)c3ccccc3)cc2-c2ccc(O)cc2)cc1. The van der Waals surface area contributed by atoms with Crippen LogP contribution in [0.4, 0.5) is 11.4 Å². The minimum Gasteiger partial charge on any atom is -0.508 e. The van der Waals surface area contributed by atoms with Crippen LogP contribution in [-0.2, 0) is 0 Å². The summed E-state index contributed by atoms with van der Waals surface area (Å²) in [5, 5.41) is 26.6. The van der Waals surface area contributed by atoms with E-state index in [1.165, 1.54) is 0 Å². The largest absolute Gasteiger partial charge is 0.508 e. The van der Waals surface area contributed by atoms with Gasteiger partial charge in [0.2, 0.25) is 0 Å². The van der Waals surface area contributed by atoms with Gasteiger partial charge in [-0.15, -0.1) is 0 Å². The number of thiocarbonyl (C=S) groups is 2. The van der Waals surface area contributed by atoms with E-state index < -0.39 is 0 Å². The predicted octanol–water partition coefficient (Wildman–Crippen LogP) is 9.80. The molecule has 0 heterocycles. The van der Waals surface area contributed by atoms with Gasteiger partial charge in [0.25, 0.3) is 0 Å². The standard InChI is InChI=1S/C38H28N2O3S2/c41-31-17-11-25(12-18-31)33-23-29(39-37(44)27-7-3-1-4-8-27)15-21-35(33)43-36-22-16-30(40-38(45)28-9-5-2-6-10-28)24-34(36)26-13-19-32(42)20-14-26/h1-24,41-42H,(H,39,44)(H,40,45). The molecule has 0 aliphatic carbocycles. The smallest absolute Gasteiger partial charge is 0.135 e. The third-order valence-electron chi connectivity index (χ3n) is 7.12. The second-order valence-electron chi connectivity index (χ2n) is 10.3. The summed E-state index contributed by atoms with van der Waals surface area (Å²) >= 11 is 11.3. The van der Waals surface area contributed by atoms with Gasteiger partial charge in [-0.05, 0) is 71.8 Å². The minimum atomic E-state index is 0.173. The number of hydrogen-bond donors (Lipinski definition) is 4. The van der Waals surface area contributed by atoms with Crippen LogP contribution in [0.5, 0.6) is 23.0 Å². The van der Waals surface area contributed by atoms with E-state index >= 15 is 0 Å². The molecule has 5 nitrogen and oxygen atoms in total. The van der Waals surface area contributed by atoms with Crippen LogP contribution >= 0.6 is 24.4 Å². The van der Waals surface area contributed by atoms with Gasteiger partial charge in [-0.1, -0.05) is 109 Å². The molecular formula is C38H28N2O3S2. The Morgan fingerprint density at radius 2 is 0.844 bits per heavy atom. The van der Waals surface area contributed by atoms with Gasteiger partial charge < -0.3 is 25.6 Å². The molecule has 0 aliphatic rings. The lowest BCUT2D eigenvalue weighted by Crippen LogP contribution is -2.10. The molecule has 0 atom stereocenters. The maximum absolute atomic E-state index is 9.96. The highest BCUT2D eigenvalue weighted by Crippen LogP contribution is 2.41. The first-order valence-electron chi connectivity index (χ1n) is 14.2. The Morgan fingerprint density at radius 1 is 0.467 bits per heavy atom. The van der Waals surface area contributed by atoms with Crippen LogP contribution < -0.4 is 15.4 Å². The number of rotatable bonds is 8. The number of nitrogens with one attached hydrogen (secondary N) is 2. The molecule has 0 unspecified atom stereocenters. The molecule has 4 N–H and O–H groups in total. The number of anilines is 2. The van der Waals surface area contributed by atoms with Crippen molar-refractivity contribution in [1.29, 1.82) is 0 Å². The lowest BCUT2D eigenvalue weighted by molar-refractivity contribution is 0.475. The van der Waals surface area contributed by atoms with Gasteiger partial charge in [0.05, 0.1) is 0 Å². The second kappa shape index (κ2) is 13.4. The summed E-state index contributed by atoms with van der Waals surface area (Å²) < 4.78 is 6.65. The Morgan fingerprint density at radius 3 is 1.22 bits per heavy atom. The molecule has 0 saturated heterocycles. The average Bonchev–Trinajstić information content (AvgIpc) is 3.07. The molecular weight excluding hydrogens is 597 g/mol. The summed E-state index contributed by atoms with van der Waals surface area (Å²) in [4.78, 5) is 1.21. The lowest BCUT2D eigenvalue weighted by atomic mass is 10.0. The number of benzene rings is 6. The van der Waals surface area contributed by atoms with Crippen molar-refractivity contribution < 1.29 is 14.9 Å². The molecule has 0 aliphatic heterocycles. The molecule has 0 saturated carbocycles. The Labute approximate surface area is 272 Å². The zero-order valence-electron chi connectivity index (χ0n) is 24.0. The van der Waals surface area contributed by atoms with Crippen LogP contribution in [0.2, 0.25) is 0 Å². The van der Waals surface area contributed by atoms with Crippen LogP contribution in [0.25, 0.3) is 22.3 Å². The van der Waals surface area contributed by atoms with Crippen molar-refractivity contribution in [1.82, 2.24) is 0 Å². The van der Waals surface area contributed by atoms with Crippen LogP contribution in [0.15, 0.2) is 146 Å². The zero-order chi connectivity index (χ0) is 31.2. The first kappa shape index (κ1) is 29.6. The van der Waals surface area contributed by atoms with Gasteiger partial charge in [0.1, 0.15) is 33.0 Å². The highest BCUT2D eigenvalue weighted by atomic mass is 32.1. The molecule has 6 aromatic rings. The minimum absolute atomic E-state index is 0.173. The summed E-state index contributed by atoms with van der Waals surface area (Å²) in [6.45, 7) is 0. The molecule has 220 valence electrons. The second-order valence-corrected chi connectivity index (χ2v) is 11.1. The Kier molecular flexibility index (Phi) is 8.82. The maximum atomic E-state index is 9.96. The molecule has 0 spiro atoms. The van der Waals surface area contributed by atoms with Crippen LogP contribution in [0.3, 0.4) is 0 Å². The van der Waals surface area contributed by atoms with Crippen LogP contribution in [-0.4, -0.2) is 20.2 Å². The lowest BCUT2D eigenvalue weighted by Gasteiger charge is -2.18. The van der Waals surface area contributed by atoms with Gasteiger partial charge >= 0.3 is 0 Å². The van der Waals surface area contributed by atoms with Gasteiger partial charge in [0, 0.05) is 33.6 Å². The Hall–Kier alpha value is -5.50. The van der Waals surface area contributed by atoms with E-state index in [0.29, 0.717) is 21.5 Å². The normalized spacial score (nSPS) is 10.6. The average molecular weight is 625 g/mol. The van der Waals surface area contributed by atoms with Crippen molar-refractivity contribution in [3.05, 3.63) is 157 Å². The Balaban J connectivity index is 1.37. The van der Waals surface area contributed by atoms with Crippen LogP contribution in [0, 0.1) is 0 Å². The topological polar surface area (TPSA) is 73.8 Å². The number of ether oxygens (including phenoxy) is 1. The van der Waals surface area contributed by atoms with Gasteiger partial charge in [0.15, 0.2) is 0 Å². The van der Waals surface area contributed by atoms with E-state index in [0.717, 1.165) is 44.8 Å². The van der Waals surface area contributed by atoms with Gasteiger partial charge in [-0.25, -0.2) is 0 Å². The fourth-order valence-corrected chi connectivity index (χ4v) is 5.34. The monoisotopic (exact) mass is 624 g/mol. The molecule has 0 aromatic heterocycles. The van der Waals surface area contributed by atoms with Gasteiger partial charge in [-0.3, -0.25) is 0 Å². The molecule has 0 fully saturated rings. The van der Waals surface area contributed by atoms with Crippen molar-refractivity contribution in [2.45, 2.75) is 0 Å². The van der Waals surface area contributed by atoms with E-state index in [-0.39, 0.29) is 11.5 Å². The number of aromatic hydroxyl groups is 2. The van der Waals surface area contributed by atoms with E-state index in [1.807, 2.05) is 121 Å². The molecule has 0 bridgehead atoms. The molecule has 0 radical (unpaired) electrons. The van der Waals surface area contributed by atoms with E-state index in [1.54, 1.807) is 24.3 Å². The maximum Gasteiger partial charge on any atom is 0.135 e. The Bertz CT molecular complexity index is 1820. The molecule has 6 rings (SSSR count). The van der Waals surface area contributed by atoms with Gasteiger partial charge in [-0.2, -0.15) is 0 Å². The highest BCUT2D eigenvalue weighted by molar-refractivity contribution is 7.81. The third-order valence-corrected chi connectivity index (χ3v) is 7.80. The summed E-state index contributed by atoms with van der Waals surface area (Å²) in [5.74, 6) is 1.56. The predicted molar refractivity (Wildman–Crippen MR) is 191 cm³/mol. The number of phenols is 2. The first-order valence-corrected chi connectivity index (χ1v) is 15.0. The highest BCUT2D eigenvalue weighted by Gasteiger charge is 2.15. The van der Waals surface area contributed by atoms with E-state index in [4.69, 9.17) is 29.2 Å². The molecule has 0 amide bonds. The fourth-order valence-electron chi connectivity index (χ4n) is 4.83. The fraction of sp³-hybridized carbons (Fsp3) is 0. The summed E-state index contributed by atoms with van der Waals surface area (Å²) in [6, 6.07) is 45.1. The van der Waals surface area contributed by atoms with Crippen LogP contribution in [0.1, 0.15) is 11.1 Å². The zero-order valence-corrected chi connectivity index (χ0v) is 25.6. The van der Waals surface area contributed by atoms with Crippen molar-refractivity contribution in [2.24, 2.45) is 0 Å². The quantitative estimate of drug-likeness (QED) is 0.126. The molecule has 6 aromatic carbocycles. The van der Waals surface area contributed by atoms with E-state index in [9.17, 15) is 10.2 Å². The summed E-state index contributed by atoms with van der Waals surface area (Å²) in [6.07, 6.45) is 0. The summed E-state index contributed by atoms with van der Waals surface area (Å²) in [7, 11) is 0. The first-order chi connectivity index (χ1) is 21.9. The summed E-state index contributed by atoms with van der Waals surface area (Å²) in [5.41, 5.74) is 6.75.